The number of nitrogens with one attached hydrogen (secondary N) is 2. The van der Waals surface area contributed by atoms with Crippen molar-refractivity contribution in [3.05, 3.63) is 76.8 Å². The van der Waals surface area contributed by atoms with E-state index in [1.807, 2.05) is 24.3 Å². The SMILES string of the molecule is Fc1ccccc1Cn1cnc(NC(=S)NCc2ccc(Cl)cc2)n1. The van der Waals surface area contributed by atoms with Gasteiger partial charge in [-0.1, -0.05) is 41.9 Å². The molecule has 0 aliphatic heterocycles. The molecule has 0 bridgehead atoms. The zero-order chi connectivity index (χ0) is 17.6. The van der Waals surface area contributed by atoms with E-state index in [2.05, 4.69) is 20.7 Å². The summed E-state index contributed by atoms with van der Waals surface area (Å²) in [6, 6.07) is 14.0. The number of benzene rings is 2. The standard InChI is InChI=1S/C17H15ClFN5S/c18-14-7-5-12(6-8-14)9-20-17(25)22-16-21-11-24(23-16)10-13-3-1-2-4-15(13)19/h1-8,11H,9-10H2,(H2,20,22,23,25). The third-order valence-corrected chi connectivity index (χ3v) is 3.92. The number of aromatic nitrogens is 3. The summed E-state index contributed by atoms with van der Waals surface area (Å²) in [7, 11) is 0. The zero-order valence-corrected chi connectivity index (χ0v) is 14.7. The minimum absolute atomic E-state index is 0.271. The van der Waals surface area contributed by atoms with Crippen LogP contribution >= 0.6 is 23.8 Å². The largest absolute Gasteiger partial charge is 0.358 e. The van der Waals surface area contributed by atoms with E-state index in [4.69, 9.17) is 23.8 Å². The normalized spacial score (nSPS) is 10.5. The van der Waals surface area contributed by atoms with E-state index in [1.54, 1.807) is 22.9 Å². The first-order chi connectivity index (χ1) is 12.1. The second kappa shape index (κ2) is 8.04. The Kier molecular flexibility index (Phi) is 5.57. The molecule has 0 fully saturated rings. The van der Waals surface area contributed by atoms with Gasteiger partial charge in [-0.05, 0) is 36.0 Å². The lowest BCUT2D eigenvalue weighted by Gasteiger charge is -2.08. The van der Waals surface area contributed by atoms with Gasteiger partial charge in [0.1, 0.15) is 12.1 Å². The molecule has 1 heterocycles. The van der Waals surface area contributed by atoms with Crippen molar-refractivity contribution in [2.45, 2.75) is 13.1 Å². The van der Waals surface area contributed by atoms with Crippen molar-refractivity contribution >= 4 is 34.9 Å². The Morgan fingerprint density at radius 1 is 1.16 bits per heavy atom. The Bertz CT molecular complexity index is 865. The van der Waals surface area contributed by atoms with Crippen LogP contribution in [0.4, 0.5) is 10.3 Å². The van der Waals surface area contributed by atoms with Gasteiger partial charge >= 0.3 is 0 Å². The quantitative estimate of drug-likeness (QED) is 0.667. The predicted octanol–water partition coefficient (Wildman–Crippen LogP) is 3.61. The summed E-state index contributed by atoms with van der Waals surface area (Å²) < 4.78 is 15.2. The van der Waals surface area contributed by atoms with Gasteiger partial charge in [0, 0.05) is 17.1 Å². The molecule has 128 valence electrons. The molecule has 2 N–H and O–H groups in total. The monoisotopic (exact) mass is 375 g/mol. The molecule has 0 saturated carbocycles. The van der Waals surface area contributed by atoms with E-state index in [1.165, 1.54) is 12.4 Å². The molecule has 2 aromatic carbocycles. The summed E-state index contributed by atoms with van der Waals surface area (Å²) in [5.41, 5.74) is 1.59. The van der Waals surface area contributed by atoms with Crippen molar-refractivity contribution in [2.24, 2.45) is 0 Å². The van der Waals surface area contributed by atoms with Crippen molar-refractivity contribution in [1.29, 1.82) is 0 Å². The minimum Gasteiger partial charge on any atom is -0.358 e. The van der Waals surface area contributed by atoms with E-state index < -0.39 is 0 Å². The lowest BCUT2D eigenvalue weighted by molar-refractivity contribution is 0.585. The maximum absolute atomic E-state index is 13.7. The zero-order valence-electron chi connectivity index (χ0n) is 13.1. The van der Waals surface area contributed by atoms with Crippen molar-refractivity contribution in [3.8, 4) is 0 Å². The van der Waals surface area contributed by atoms with E-state index in [0.717, 1.165) is 5.56 Å². The molecular formula is C17H15ClFN5S. The third kappa shape index (κ3) is 4.98. The number of thiocarbonyl (C=S) groups is 1. The van der Waals surface area contributed by atoms with E-state index in [0.29, 0.717) is 34.7 Å². The van der Waals surface area contributed by atoms with Gasteiger partial charge in [-0.15, -0.1) is 5.10 Å². The van der Waals surface area contributed by atoms with Crippen LogP contribution < -0.4 is 10.6 Å². The van der Waals surface area contributed by atoms with E-state index >= 15 is 0 Å². The van der Waals surface area contributed by atoms with Crippen LogP contribution in [0.15, 0.2) is 54.9 Å². The summed E-state index contributed by atoms with van der Waals surface area (Å²) in [5.74, 6) is 0.0811. The van der Waals surface area contributed by atoms with Crippen molar-refractivity contribution in [2.75, 3.05) is 5.32 Å². The lowest BCUT2D eigenvalue weighted by atomic mass is 10.2. The molecule has 25 heavy (non-hydrogen) atoms. The molecular weight excluding hydrogens is 361 g/mol. The van der Waals surface area contributed by atoms with Gasteiger partial charge in [-0.2, -0.15) is 0 Å². The van der Waals surface area contributed by atoms with Crippen LogP contribution in [0, 0.1) is 5.82 Å². The fourth-order valence-corrected chi connectivity index (χ4v) is 2.45. The topological polar surface area (TPSA) is 54.8 Å². The fourth-order valence-electron chi connectivity index (χ4n) is 2.16. The predicted molar refractivity (Wildman–Crippen MR) is 100 cm³/mol. The maximum Gasteiger partial charge on any atom is 0.248 e. The average Bonchev–Trinajstić information content (AvgIpc) is 3.03. The molecule has 5 nitrogen and oxygen atoms in total. The molecule has 0 aliphatic carbocycles. The van der Waals surface area contributed by atoms with Gasteiger partial charge in [0.2, 0.25) is 5.95 Å². The van der Waals surface area contributed by atoms with Gasteiger partial charge in [0.05, 0.1) is 6.54 Å². The average molecular weight is 376 g/mol. The first-order valence-corrected chi connectivity index (χ1v) is 8.31. The maximum atomic E-state index is 13.7. The van der Waals surface area contributed by atoms with Crippen LogP contribution in [0.1, 0.15) is 11.1 Å². The van der Waals surface area contributed by atoms with Gasteiger partial charge in [0.15, 0.2) is 5.11 Å². The Labute approximate surface area is 154 Å². The highest BCUT2D eigenvalue weighted by Crippen LogP contribution is 2.10. The fraction of sp³-hybridized carbons (Fsp3) is 0.118. The van der Waals surface area contributed by atoms with Gasteiger partial charge in [0.25, 0.3) is 0 Å². The van der Waals surface area contributed by atoms with Crippen LogP contribution in [0.3, 0.4) is 0 Å². The molecule has 1 aromatic heterocycles. The second-order valence-corrected chi connectivity index (χ2v) is 6.14. The Hall–Kier alpha value is -2.51. The molecule has 0 atom stereocenters. The number of halogens is 2. The third-order valence-electron chi connectivity index (χ3n) is 3.42. The van der Waals surface area contributed by atoms with Crippen LogP contribution in [0.2, 0.25) is 5.02 Å². The van der Waals surface area contributed by atoms with Crippen molar-refractivity contribution in [3.63, 3.8) is 0 Å². The van der Waals surface area contributed by atoms with E-state index in [9.17, 15) is 4.39 Å². The molecule has 8 heteroatoms. The molecule has 0 amide bonds. The number of nitrogens with zero attached hydrogens (tertiary/aromatic N) is 3. The number of anilines is 1. The number of hydrogen-bond donors (Lipinski definition) is 2. The summed E-state index contributed by atoms with van der Waals surface area (Å²) in [4.78, 5) is 4.12. The summed E-state index contributed by atoms with van der Waals surface area (Å²) in [6.07, 6.45) is 1.52. The van der Waals surface area contributed by atoms with Crippen LogP contribution in [-0.2, 0) is 13.1 Å². The lowest BCUT2D eigenvalue weighted by Crippen LogP contribution is -2.28. The summed E-state index contributed by atoms with van der Waals surface area (Å²) in [5, 5.41) is 11.3. The number of hydrogen-bond acceptors (Lipinski definition) is 3. The first kappa shape index (κ1) is 17.3. The first-order valence-electron chi connectivity index (χ1n) is 7.52. The molecule has 0 spiro atoms. The van der Waals surface area contributed by atoms with Gasteiger partial charge in [-0.3, -0.25) is 5.32 Å². The van der Waals surface area contributed by atoms with Crippen LogP contribution in [0.5, 0.6) is 0 Å². The van der Waals surface area contributed by atoms with Gasteiger partial charge < -0.3 is 5.32 Å². The minimum atomic E-state index is -0.271. The summed E-state index contributed by atoms with van der Waals surface area (Å²) >= 11 is 11.1. The van der Waals surface area contributed by atoms with Crippen molar-refractivity contribution in [1.82, 2.24) is 20.1 Å². The van der Waals surface area contributed by atoms with Crippen LogP contribution in [-0.4, -0.2) is 19.9 Å². The molecule has 3 rings (SSSR count). The number of rotatable bonds is 5. The highest BCUT2D eigenvalue weighted by Gasteiger charge is 2.06. The Balaban J connectivity index is 1.53. The second-order valence-electron chi connectivity index (χ2n) is 5.29. The van der Waals surface area contributed by atoms with Crippen molar-refractivity contribution < 1.29 is 4.39 Å². The smallest absolute Gasteiger partial charge is 0.248 e. The Morgan fingerprint density at radius 3 is 2.68 bits per heavy atom. The van der Waals surface area contributed by atoms with E-state index in [-0.39, 0.29) is 5.82 Å². The molecule has 0 saturated heterocycles. The Morgan fingerprint density at radius 2 is 1.92 bits per heavy atom. The molecule has 3 aromatic rings. The highest BCUT2D eigenvalue weighted by atomic mass is 35.5. The molecule has 0 radical (unpaired) electrons. The molecule has 0 unspecified atom stereocenters. The van der Waals surface area contributed by atoms with Crippen LogP contribution in [0.25, 0.3) is 0 Å². The summed E-state index contributed by atoms with van der Waals surface area (Å²) in [6.45, 7) is 0.852. The highest BCUT2D eigenvalue weighted by molar-refractivity contribution is 7.80. The molecule has 0 aliphatic rings. The van der Waals surface area contributed by atoms with Gasteiger partial charge in [-0.25, -0.2) is 14.1 Å².